The van der Waals surface area contributed by atoms with Crippen LogP contribution in [0.4, 0.5) is 0 Å². The van der Waals surface area contributed by atoms with Crippen molar-refractivity contribution in [2.75, 3.05) is 6.61 Å². The van der Waals surface area contributed by atoms with Gasteiger partial charge in [-0.05, 0) is 13.0 Å². The number of ether oxygens (including phenoxy) is 1. The summed E-state index contributed by atoms with van der Waals surface area (Å²) in [6, 6.07) is 1.61. The normalized spacial score (nSPS) is 28.5. The van der Waals surface area contributed by atoms with Crippen molar-refractivity contribution in [2.45, 2.75) is 31.8 Å². The summed E-state index contributed by atoms with van der Waals surface area (Å²) >= 11 is 4.95. The van der Waals surface area contributed by atoms with Crippen molar-refractivity contribution in [2.24, 2.45) is 0 Å². The van der Waals surface area contributed by atoms with Gasteiger partial charge in [0.15, 0.2) is 5.75 Å². The van der Waals surface area contributed by atoms with Crippen LogP contribution in [0.2, 0.25) is 0 Å². The zero-order valence-electron chi connectivity index (χ0n) is 9.41. The molecular weight excluding hydrogens is 242 g/mol. The van der Waals surface area contributed by atoms with Crippen LogP contribution in [0.25, 0.3) is 0 Å². The summed E-state index contributed by atoms with van der Waals surface area (Å²) in [5, 5.41) is 28.4. The summed E-state index contributed by atoms with van der Waals surface area (Å²) in [6.45, 7) is 1.51. The van der Waals surface area contributed by atoms with Gasteiger partial charge in [-0.2, -0.15) is 0 Å². The van der Waals surface area contributed by atoms with Gasteiger partial charge in [0.05, 0.1) is 22.9 Å². The first-order chi connectivity index (χ1) is 8.04. The molecule has 0 amide bonds. The minimum atomic E-state index is -0.692. The lowest BCUT2D eigenvalue weighted by molar-refractivity contribution is -0.0452. The van der Waals surface area contributed by atoms with Gasteiger partial charge < -0.3 is 24.6 Å². The summed E-state index contributed by atoms with van der Waals surface area (Å²) in [5.41, 5.74) is 0.591. The molecule has 5 nitrogen and oxygen atoms in total. The fourth-order valence-corrected chi connectivity index (χ4v) is 2.21. The quantitative estimate of drug-likeness (QED) is 0.686. The Morgan fingerprint density at radius 3 is 2.88 bits per heavy atom. The summed E-state index contributed by atoms with van der Waals surface area (Å²) in [7, 11) is 0. The van der Waals surface area contributed by atoms with Crippen LogP contribution >= 0.6 is 12.2 Å². The largest absolute Gasteiger partial charge is 0.505 e. The van der Waals surface area contributed by atoms with E-state index in [2.05, 4.69) is 0 Å². The molecule has 3 N–H and O–H groups in total. The van der Waals surface area contributed by atoms with Crippen molar-refractivity contribution in [1.29, 1.82) is 0 Å². The maximum Gasteiger partial charge on any atom is 0.152 e. The third-order valence-electron chi connectivity index (χ3n) is 3.04. The third kappa shape index (κ3) is 2.21. The van der Waals surface area contributed by atoms with Gasteiger partial charge in [0.25, 0.3) is 0 Å². The lowest BCUT2D eigenvalue weighted by atomic mass is 10.2. The van der Waals surface area contributed by atoms with E-state index in [9.17, 15) is 10.2 Å². The fourth-order valence-electron chi connectivity index (χ4n) is 2.00. The maximum absolute atomic E-state index is 9.74. The predicted octanol–water partition coefficient (Wildman–Crippen LogP) is 0.872. The van der Waals surface area contributed by atoms with Crippen LogP contribution < -0.4 is 0 Å². The molecule has 0 aromatic carbocycles. The fraction of sp³-hybridized carbons (Fsp3) is 0.545. The van der Waals surface area contributed by atoms with E-state index in [0.717, 1.165) is 0 Å². The number of aliphatic hydroxyl groups is 2. The molecule has 1 aromatic rings. The number of aliphatic hydroxyl groups excluding tert-OH is 2. The Hall–Kier alpha value is -0.950. The Kier molecular flexibility index (Phi) is 3.48. The molecule has 2 rings (SSSR count). The van der Waals surface area contributed by atoms with Gasteiger partial charge in [0, 0.05) is 12.6 Å². The van der Waals surface area contributed by atoms with Crippen molar-refractivity contribution >= 4 is 12.2 Å². The second-order valence-corrected chi connectivity index (χ2v) is 4.58. The average Bonchev–Trinajstić information content (AvgIpc) is 2.67. The molecule has 1 fully saturated rings. The average molecular weight is 257 g/mol. The first-order valence-corrected chi connectivity index (χ1v) is 5.80. The molecule has 0 bridgehead atoms. The highest BCUT2D eigenvalue weighted by atomic mass is 32.1. The molecule has 94 valence electrons. The Balaban J connectivity index is 2.31. The maximum atomic E-state index is 9.74. The highest BCUT2D eigenvalue weighted by Crippen LogP contribution is 2.31. The van der Waals surface area contributed by atoms with Gasteiger partial charge in [-0.1, -0.05) is 12.2 Å². The van der Waals surface area contributed by atoms with E-state index in [1.807, 2.05) is 0 Å². The number of rotatable bonds is 2. The molecule has 6 heteroatoms. The Morgan fingerprint density at radius 1 is 1.59 bits per heavy atom. The van der Waals surface area contributed by atoms with Crippen LogP contribution in [-0.2, 0) is 4.74 Å². The molecule has 0 radical (unpaired) electrons. The van der Waals surface area contributed by atoms with Crippen LogP contribution in [-0.4, -0.2) is 38.7 Å². The molecule has 2 heterocycles. The van der Waals surface area contributed by atoms with E-state index < -0.39 is 12.2 Å². The standard InChI is InChI=1S/C11H15NO4S/c1-6-11(15)9(17)2-3-12(6)10-4-7(14)8(5-13)16-10/h2-3,7-8,10,13-15H,4-5H2,1H3/t7?,8?,10-/m1/s1. The molecular formula is C11H15NO4S. The first-order valence-electron chi connectivity index (χ1n) is 5.39. The lowest BCUT2D eigenvalue weighted by Gasteiger charge is -2.19. The highest BCUT2D eigenvalue weighted by molar-refractivity contribution is 7.71. The summed E-state index contributed by atoms with van der Waals surface area (Å²) in [6.07, 6.45) is 0.449. The van der Waals surface area contributed by atoms with Gasteiger partial charge in [-0.25, -0.2) is 0 Å². The first kappa shape index (κ1) is 12.5. The molecule has 0 aliphatic carbocycles. The Labute approximate surface area is 104 Å². The minimum absolute atomic E-state index is 0.0491. The molecule has 17 heavy (non-hydrogen) atoms. The van der Waals surface area contributed by atoms with Gasteiger partial charge in [-0.3, -0.25) is 0 Å². The molecule has 1 aromatic heterocycles. The van der Waals surface area contributed by atoms with Crippen LogP contribution in [0.1, 0.15) is 18.3 Å². The highest BCUT2D eigenvalue weighted by Gasteiger charge is 2.34. The van der Waals surface area contributed by atoms with Crippen molar-refractivity contribution in [3.63, 3.8) is 0 Å². The predicted molar refractivity (Wildman–Crippen MR) is 63.3 cm³/mol. The molecule has 0 spiro atoms. The van der Waals surface area contributed by atoms with E-state index in [0.29, 0.717) is 16.6 Å². The molecule has 0 saturated carbocycles. The lowest BCUT2D eigenvalue weighted by Crippen LogP contribution is -2.24. The third-order valence-corrected chi connectivity index (χ3v) is 3.37. The summed E-state index contributed by atoms with van der Waals surface area (Å²) in [5.74, 6) is 0.0491. The van der Waals surface area contributed by atoms with Crippen LogP contribution in [0.3, 0.4) is 0 Å². The molecule has 2 unspecified atom stereocenters. The van der Waals surface area contributed by atoms with Crippen LogP contribution in [0.15, 0.2) is 12.3 Å². The van der Waals surface area contributed by atoms with E-state index in [4.69, 9.17) is 22.1 Å². The zero-order valence-corrected chi connectivity index (χ0v) is 10.2. The smallest absolute Gasteiger partial charge is 0.152 e. The van der Waals surface area contributed by atoms with E-state index >= 15 is 0 Å². The zero-order chi connectivity index (χ0) is 12.6. The van der Waals surface area contributed by atoms with Crippen molar-refractivity contribution in [3.05, 3.63) is 22.5 Å². The van der Waals surface area contributed by atoms with Gasteiger partial charge in [0.1, 0.15) is 12.3 Å². The Morgan fingerprint density at radius 2 is 2.29 bits per heavy atom. The van der Waals surface area contributed by atoms with Crippen LogP contribution in [0.5, 0.6) is 5.75 Å². The number of hydrogen-bond donors (Lipinski definition) is 3. The van der Waals surface area contributed by atoms with Gasteiger partial charge >= 0.3 is 0 Å². The van der Waals surface area contributed by atoms with Gasteiger partial charge in [-0.15, -0.1) is 0 Å². The SMILES string of the molecule is Cc1c(O)c(=S)ccn1[C@H]1CC(O)C(CO)O1. The molecule has 1 aliphatic heterocycles. The minimum Gasteiger partial charge on any atom is -0.505 e. The number of nitrogens with zero attached hydrogens (tertiary/aromatic N) is 1. The van der Waals surface area contributed by atoms with E-state index in [1.165, 1.54) is 0 Å². The molecule has 1 saturated heterocycles. The molecule has 1 aliphatic rings. The topological polar surface area (TPSA) is 74.9 Å². The second-order valence-electron chi connectivity index (χ2n) is 4.14. The van der Waals surface area contributed by atoms with Gasteiger partial charge in [0.2, 0.25) is 0 Å². The number of pyridine rings is 1. The number of hydrogen-bond acceptors (Lipinski definition) is 5. The van der Waals surface area contributed by atoms with Crippen LogP contribution in [0, 0.1) is 11.4 Å². The number of aromatic nitrogens is 1. The van der Waals surface area contributed by atoms with E-state index in [-0.39, 0.29) is 18.6 Å². The van der Waals surface area contributed by atoms with Crippen molar-refractivity contribution in [3.8, 4) is 5.75 Å². The number of aromatic hydroxyl groups is 1. The van der Waals surface area contributed by atoms with E-state index in [1.54, 1.807) is 23.8 Å². The molecule has 3 atom stereocenters. The summed E-state index contributed by atoms with van der Waals surface area (Å²) < 4.78 is 7.60. The van der Waals surface area contributed by atoms with Crippen molar-refractivity contribution < 1.29 is 20.1 Å². The Bertz CT molecular complexity index is 473. The summed E-state index contributed by atoms with van der Waals surface area (Å²) in [4.78, 5) is 0. The second kappa shape index (κ2) is 4.73. The monoisotopic (exact) mass is 257 g/mol. The van der Waals surface area contributed by atoms with Crippen molar-refractivity contribution in [1.82, 2.24) is 4.57 Å².